The molecule has 0 aromatic heterocycles. The molecule has 1 N–H and O–H groups in total. The summed E-state index contributed by atoms with van der Waals surface area (Å²) in [6.45, 7) is 5.35. The number of ether oxygens (including phenoxy) is 2. The van der Waals surface area contributed by atoms with E-state index in [0.717, 1.165) is 18.6 Å². The van der Waals surface area contributed by atoms with Gasteiger partial charge in [0.2, 0.25) is 11.9 Å². The summed E-state index contributed by atoms with van der Waals surface area (Å²) in [6, 6.07) is -1.39. The number of esters is 2. The Bertz CT molecular complexity index is 361. The molecule has 114 valence electrons. The Kier molecular flexibility index (Phi) is 6.32. The zero-order valence-electron chi connectivity index (χ0n) is 12.1. The Labute approximate surface area is 122 Å². The average molecular weight is 303 g/mol. The fourth-order valence-electron chi connectivity index (χ4n) is 1.91. The Hall–Kier alpha value is -1.24. The second kappa shape index (κ2) is 7.52. The quantitative estimate of drug-likeness (QED) is 0.579. The molecule has 1 aliphatic heterocycles. The van der Waals surface area contributed by atoms with E-state index in [0.29, 0.717) is 0 Å². The summed E-state index contributed by atoms with van der Waals surface area (Å²) in [5.74, 6) is -1.00. The predicted molar refractivity (Wildman–Crippen MR) is 75.3 cm³/mol. The van der Waals surface area contributed by atoms with Gasteiger partial charge in [-0.1, -0.05) is 0 Å². The first-order valence-electron chi connectivity index (χ1n) is 6.72. The first-order chi connectivity index (χ1) is 9.44. The van der Waals surface area contributed by atoms with Crippen molar-refractivity contribution in [1.29, 1.82) is 0 Å². The molecule has 1 amide bonds. The molecule has 1 aliphatic rings. The molecule has 0 aromatic rings. The second-order valence-corrected chi connectivity index (χ2v) is 6.19. The van der Waals surface area contributed by atoms with E-state index in [1.165, 1.54) is 11.8 Å². The van der Waals surface area contributed by atoms with Crippen molar-refractivity contribution in [2.24, 2.45) is 0 Å². The summed E-state index contributed by atoms with van der Waals surface area (Å²) in [4.78, 5) is 35.8. The highest BCUT2D eigenvalue weighted by Gasteiger charge is 2.41. The van der Waals surface area contributed by atoms with Crippen LogP contribution in [0.15, 0.2) is 0 Å². The van der Waals surface area contributed by atoms with E-state index < -0.39 is 22.7 Å². The van der Waals surface area contributed by atoms with Crippen LogP contribution in [0.2, 0.25) is 0 Å². The second-order valence-electron chi connectivity index (χ2n) is 4.59. The molecule has 20 heavy (non-hydrogen) atoms. The number of nitrogens with one attached hydrogen (secondary N) is 1. The van der Waals surface area contributed by atoms with Crippen molar-refractivity contribution in [3.8, 4) is 0 Å². The number of carbonyl (C=O) groups excluding carboxylic acids is 3. The Morgan fingerprint density at radius 3 is 2.15 bits per heavy atom. The van der Waals surface area contributed by atoms with Gasteiger partial charge in [0.05, 0.1) is 18.0 Å². The lowest BCUT2D eigenvalue weighted by molar-refractivity contribution is -0.159. The van der Waals surface area contributed by atoms with E-state index in [-0.39, 0.29) is 19.1 Å². The lowest BCUT2D eigenvalue weighted by Gasteiger charge is -2.24. The molecule has 0 spiro atoms. The zero-order chi connectivity index (χ0) is 15.2. The molecule has 1 unspecified atom stereocenters. The van der Waals surface area contributed by atoms with Gasteiger partial charge < -0.3 is 14.8 Å². The summed E-state index contributed by atoms with van der Waals surface area (Å²) < 4.78 is 9.01. The van der Waals surface area contributed by atoms with Gasteiger partial charge >= 0.3 is 11.9 Å². The SMILES string of the molecule is CCOC(=O)C(NC(=O)C1(C)CCCS1)C(=O)OCC. The van der Waals surface area contributed by atoms with Crippen molar-refractivity contribution in [3.63, 3.8) is 0 Å². The van der Waals surface area contributed by atoms with Gasteiger partial charge in [-0.15, -0.1) is 11.8 Å². The molecule has 1 rings (SSSR count). The molecular formula is C13H21NO5S. The van der Waals surface area contributed by atoms with Gasteiger partial charge in [-0.2, -0.15) is 0 Å². The van der Waals surface area contributed by atoms with Crippen LogP contribution in [-0.4, -0.2) is 47.6 Å². The summed E-state index contributed by atoms with van der Waals surface area (Å²) in [7, 11) is 0. The number of hydrogen-bond donors (Lipinski definition) is 1. The van der Waals surface area contributed by atoms with Gasteiger partial charge in [0.1, 0.15) is 0 Å². The Morgan fingerprint density at radius 1 is 1.20 bits per heavy atom. The maximum Gasteiger partial charge on any atom is 0.340 e. The first kappa shape index (κ1) is 16.8. The largest absolute Gasteiger partial charge is 0.464 e. The van der Waals surface area contributed by atoms with Gasteiger partial charge in [-0.25, -0.2) is 9.59 Å². The van der Waals surface area contributed by atoms with Gasteiger partial charge in [0.15, 0.2) is 0 Å². The van der Waals surface area contributed by atoms with Crippen LogP contribution in [0.4, 0.5) is 0 Å². The van der Waals surface area contributed by atoms with Crippen LogP contribution in [0, 0.1) is 0 Å². The van der Waals surface area contributed by atoms with Gasteiger partial charge in [0.25, 0.3) is 0 Å². The van der Waals surface area contributed by atoms with Crippen LogP contribution in [0.1, 0.15) is 33.6 Å². The number of rotatable bonds is 6. The van der Waals surface area contributed by atoms with Crippen LogP contribution in [0.5, 0.6) is 0 Å². The fourth-order valence-corrected chi connectivity index (χ4v) is 3.13. The van der Waals surface area contributed by atoms with Crippen molar-refractivity contribution in [3.05, 3.63) is 0 Å². The smallest absolute Gasteiger partial charge is 0.340 e. The Morgan fingerprint density at radius 2 is 1.75 bits per heavy atom. The van der Waals surface area contributed by atoms with Crippen molar-refractivity contribution >= 4 is 29.6 Å². The predicted octanol–water partition coefficient (Wildman–Crippen LogP) is 0.883. The van der Waals surface area contributed by atoms with E-state index in [2.05, 4.69) is 5.32 Å². The van der Waals surface area contributed by atoms with Gasteiger partial charge in [0, 0.05) is 0 Å². The molecule has 6 nitrogen and oxygen atoms in total. The molecule has 7 heteroatoms. The molecule has 0 saturated carbocycles. The summed E-state index contributed by atoms with van der Waals surface area (Å²) in [5.41, 5.74) is 0. The first-order valence-corrected chi connectivity index (χ1v) is 7.71. The van der Waals surface area contributed by atoms with E-state index in [1.54, 1.807) is 13.8 Å². The zero-order valence-corrected chi connectivity index (χ0v) is 12.9. The molecule has 0 aromatic carbocycles. The van der Waals surface area contributed by atoms with Crippen LogP contribution in [0.25, 0.3) is 0 Å². The van der Waals surface area contributed by atoms with E-state index >= 15 is 0 Å². The molecule has 0 aliphatic carbocycles. The van der Waals surface area contributed by atoms with E-state index in [1.807, 2.05) is 6.92 Å². The summed E-state index contributed by atoms with van der Waals surface area (Å²) >= 11 is 1.53. The van der Waals surface area contributed by atoms with Crippen molar-refractivity contribution in [2.45, 2.75) is 44.4 Å². The fraction of sp³-hybridized carbons (Fsp3) is 0.769. The lowest BCUT2D eigenvalue weighted by atomic mass is 10.0. The van der Waals surface area contributed by atoms with Gasteiger partial charge in [-0.05, 0) is 39.4 Å². The van der Waals surface area contributed by atoms with E-state index in [4.69, 9.17) is 9.47 Å². The third kappa shape index (κ3) is 4.13. The molecular weight excluding hydrogens is 282 g/mol. The van der Waals surface area contributed by atoms with Crippen LogP contribution in [0.3, 0.4) is 0 Å². The molecule has 0 bridgehead atoms. The summed E-state index contributed by atoms with van der Waals surface area (Å²) in [5, 5.41) is 2.46. The average Bonchev–Trinajstić information content (AvgIpc) is 2.84. The minimum absolute atomic E-state index is 0.136. The van der Waals surface area contributed by atoms with Gasteiger partial charge in [-0.3, -0.25) is 4.79 Å². The molecule has 1 atom stereocenters. The van der Waals surface area contributed by atoms with Crippen LogP contribution >= 0.6 is 11.8 Å². The lowest BCUT2D eigenvalue weighted by Crippen LogP contribution is -2.53. The normalized spacial score (nSPS) is 21.6. The molecule has 1 heterocycles. The van der Waals surface area contributed by atoms with Crippen molar-refractivity contribution in [2.75, 3.05) is 19.0 Å². The molecule has 1 fully saturated rings. The number of carbonyl (C=O) groups is 3. The van der Waals surface area contributed by atoms with Crippen LogP contribution < -0.4 is 5.32 Å². The highest BCUT2D eigenvalue weighted by atomic mass is 32.2. The maximum absolute atomic E-state index is 12.2. The minimum Gasteiger partial charge on any atom is -0.464 e. The topological polar surface area (TPSA) is 81.7 Å². The third-order valence-corrected chi connectivity index (χ3v) is 4.54. The highest BCUT2D eigenvalue weighted by molar-refractivity contribution is 8.01. The number of amides is 1. The summed E-state index contributed by atoms with van der Waals surface area (Å²) in [6.07, 6.45) is 1.67. The minimum atomic E-state index is -1.39. The van der Waals surface area contributed by atoms with E-state index in [9.17, 15) is 14.4 Å². The monoisotopic (exact) mass is 303 g/mol. The highest BCUT2D eigenvalue weighted by Crippen LogP contribution is 2.37. The van der Waals surface area contributed by atoms with Crippen molar-refractivity contribution in [1.82, 2.24) is 5.32 Å². The van der Waals surface area contributed by atoms with Crippen LogP contribution in [-0.2, 0) is 23.9 Å². The Balaban J connectivity index is 2.75. The molecule has 1 saturated heterocycles. The maximum atomic E-state index is 12.2. The standard InChI is InChI=1S/C13H21NO5S/c1-4-18-10(15)9(11(16)19-5-2)14-12(17)13(3)7-6-8-20-13/h9H,4-8H2,1-3H3,(H,14,17). The number of thioether (sulfide) groups is 1. The van der Waals surface area contributed by atoms with Crippen molar-refractivity contribution < 1.29 is 23.9 Å². The molecule has 0 radical (unpaired) electrons. The third-order valence-electron chi connectivity index (χ3n) is 3.02. The number of hydrogen-bond acceptors (Lipinski definition) is 6.